The van der Waals surface area contributed by atoms with Gasteiger partial charge in [-0.15, -0.1) is 0 Å². The lowest BCUT2D eigenvalue weighted by atomic mass is 10.1. The summed E-state index contributed by atoms with van der Waals surface area (Å²) in [7, 11) is 0. The van der Waals surface area contributed by atoms with E-state index in [0.717, 1.165) is 14.3 Å². The fourth-order valence-corrected chi connectivity index (χ4v) is 2.21. The van der Waals surface area contributed by atoms with Gasteiger partial charge in [-0.3, -0.25) is 0 Å². The van der Waals surface area contributed by atoms with Crippen molar-refractivity contribution in [1.29, 1.82) is 0 Å². The van der Waals surface area contributed by atoms with Crippen molar-refractivity contribution in [3.8, 4) is 0 Å². The van der Waals surface area contributed by atoms with Crippen LogP contribution in [0.3, 0.4) is 0 Å². The number of aromatic nitrogens is 1. The molecule has 0 amide bonds. The summed E-state index contributed by atoms with van der Waals surface area (Å²) in [6, 6.07) is 5.07. The minimum absolute atomic E-state index is 0.00314. The van der Waals surface area contributed by atoms with Crippen molar-refractivity contribution < 1.29 is 9.90 Å². The highest BCUT2D eigenvalue weighted by Gasteiger charge is 2.12. The molecule has 0 spiro atoms. The van der Waals surface area contributed by atoms with Gasteiger partial charge in [0, 0.05) is 14.3 Å². The van der Waals surface area contributed by atoms with E-state index in [4.69, 9.17) is 16.7 Å². The Bertz CT molecular complexity index is 601. The van der Waals surface area contributed by atoms with Crippen LogP contribution in [0.1, 0.15) is 10.4 Å². The molecule has 0 saturated carbocycles. The topological polar surface area (TPSA) is 50.2 Å². The molecule has 0 bridgehead atoms. The molecule has 1 heterocycles. The Hall–Kier alpha value is -0.650. The zero-order valence-electron chi connectivity index (χ0n) is 7.67. The zero-order chi connectivity index (χ0) is 11.9. The summed E-state index contributed by atoms with van der Waals surface area (Å²) in [4.78, 5) is 14.9. The second-order valence-electron chi connectivity index (χ2n) is 3.09. The number of aromatic carboxylic acids is 1. The molecular weight excluding hydrogens is 361 g/mol. The molecule has 1 aromatic carbocycles. The molecule has 0 radical (unpaired) electrons. The smallest absolute Gasteiger partial charge is 0.338 e. The van der Waals surface area contributed by atoms with Gasteiger partial charge in [-0.25, -0.2) is 9.78 Å². The highest BCUT2D eigenvalue weighted by atomic mass is 79.9. The highest BCUT2D eigenvalue weighted by molar-refractivity contribution is 9.13. The van der Waals surface area contributed by atoms with Crippen LogP contribution in [-0.4, -0.2) is 16.1 Å². The summed E-state index contributed by atoms with van der Waals surface area (Å²) in [5.41, 5.74) is 0.647. The molecule has 0 aliphatic rings. The van der Waals surface area contributed by atoms with Crippen LogP contribution in [0.15, 0.2) is 27.1 Å². The van der Waals surface area contributed by atoms with E-state index >= 15 is 0 Å². The minimum atomic E-state index is -1.08. The van der Waals surface area contributed by atoms with Gasteiger partial charge in [0.2, 0.25) is 0 Å². The van der Waals surface area contributed by atoms with Gasteiger partial charge in [0.25, 0.3) is 0 Å². The van der Waals surface area contributed by atoms with E-state index in [0.29, 0.717) is 5.52 Å². The van der Waals surface area contributed by atoms with Crippen LogP contribution in [0.5, 0.6) is 0 Å². The monoisotopic (exact) mass is 363 g/mol. The van der Waals surface area contributed by atoms with Gasteiger partial charge in [0.15, 0.2) is 0 Å². The van der Waals surface area contributed by atoms with Crippen molar-refractivity contribution in [3.05, 3.63) is 37.9 Å². The molecule has 6 heteroatoms. The fourth-order valence-electron chi connectivity index (χ4n) is 1.30. The highest BCUT2D eigenvalue weighted by Crippen LogP contribution is 2.29. The van der Waals surface area contributed by atoms with Crippen molar-refractivity contribution >= 4 is 60.3 Å². The first-order valence-electron chi connectivity index (χ1n) is 4.17. The lowest BCUT2D eigenvalue weighted by molar-refractivity contribution is 0.0697. The Morgan fingerprint density at radius 2 is 1.88 bits per heavy atom. The third-order valence-corrected chi connectivity index (χ3v) is 4.17. The summed E-state index contributed by atoms with van der Waals surface area (Å²) in [6.07, 6.45) is 0. The van der Waals surface area contributed by atoms with Gasteiger partial charge in [0.05, 0.1) is 11.1 Å². The average molecular weight is 365 g/mol. The zero-order valence-corrected chi connectivity index (χ0v) is 11.6. The lowest BCUT2D eigenvalue weighted by Crippen LogP contribution is -1.99. The third-order valence-electron chi connectivity index (χ3n) is 2.04. The van der Waals surface area contributed by atoms with Crippen molar-refractivity contribution in [2.24, 2.45) is 0 Å². The number of nitrogens with zero attached hydrogens (tertiary/aromatic N) is 1. The van der Waals surface area contributed by atoms with Crippen LogP contribution in [0, 0.1) is 0 Å². The first-order valence-corrected chi connectivity index (χ1v) is 6.14. The number of carboxylic acids is 1. The van der Waals surface area contributed by atoms with E-state index in [1.165, 1.54) is 6.07 Å². The van der Waals surface area contributed by atoms with Crippen LogP contribution in [0.2, 0.25) is 5.15 Å². The third kappa shape index (κ3) is 2.07. The predicted octanol–water partition coefficient (Wildman–Crippen LogP) is 4.11. The van der Waals surface area contributed by atoms with Gasteiger partial charge in [-0.05, 0) is 50.1 Å². The van der Waals surface area contributed by atoms with E-state index in [-0.39, 0.29) is 10.7 Å². The van der Waals surface area contributed by atoms with Crippen molar-refractivity contribution in [2.45, 2.75) is 0 Å². The Morgan fingerprint density at radius 1 is 1.25 bits per heavy atom. The SMILES string of the molecule is O=C(O)c1cc2cc(Br)c(Br)cc2nc1Cl. The molecule has 2 aromatic rings. The van der Waals surface area contributed by atoms with E-state index in [9.17, 15) is 4.79 Å². The summed E-state index contributed by atoms with van der Waals surface area (Å²) in [6.45, 7) is 0. The number of halogens is 3. The standard InChI is InChI=1S/C10H4Br2ClNO2/c11-6-2-4-1-5(10(15)16)9(13)14-8(4)3-7(6)12/h1-3H,(H,15,16). The molecule has 0 aliphatic heterocycles. The number of hydrogen-bond acceptors (Lipinski definition) is 2. The van der Waals surface area contributed by atoms with E-state index in [1.54, 1.807) is 12.1 Å². The number of pyridine rings is 1. The molecule has 16 heavy (non-hydrogen) atoms. The summed E-state index contributed by atoms with van der Waals surface area (Å²) < 4.78 is 1.67. The van der Waals surface area contributed by atoms with Gasteiger partial charge in [-0.1, -0.05) is 11.6 Å². The maximum absolute atomic E-state index is 10.9. The Kier molecular flexibility index (Phi) is 3.19. The maximum Gasteiger partial charge on any atom is 0.338 e. The van der Waals surface area contributed by atoms with Crippen molar-refractivity contribution in [3.63, 3.8) is 0 Å². The molecule has 0 unspecified atom stereocenters. The number of carboxylic acid groups (broad SMARTS) is 1. The second kappa shape index (κ2) is 4.31. The second-order valence-corrected chi connectivity index (χ2v) is 5.16. The van der Waals surface area contributed by atoms with Crippen LogP contribution < -0.4 is 0 Å². The molecule has 82 valence electrons. The van der Waals surface area contributed by atoms with E-state index in [1.807, 2.05) is 0 Å². The predicted molar refractivity (Wildman–Crippen MR) is 69.1 cm³/mol. The molecule has 0 aliphatic carbocycles. The van der Waals surface area contributed by atoms with Crippen LogP contribution in [0.25, 0.3) is 10.9 Å². The van der Waals surface area contributed by atoms with Gasteiger partial charge in [-0.2, -0.15) is 0 Å². The van der Waals surface area contributed by atoms with Crippen molar-refractivity contribution in [1.82, 2.24) is 4.98 Å². The molecule has 1 aromatic heterocycles. The minimum Gasteiger partial charge on any atom is -0.478 e. The molecule has 3 nitrogen and oxygen atoms in total. The Morgan fingerprint density at radius 3 is 2.50 bits per heavy atom. The van der Waals surface area contributed by atoms with Crippen LogP contribution in [-0.2, 0) is 0 Å². The quantitative estimate of drug-likeness (QED) is 0.774. The van der Waals surface area contributed by atoms with E-state index in [2.05, 4.69) is 36.8 Å². The average Bonchev–Trinajstić information content (AvgIpc) is 2.19. The Labute approximate surface area is 113 Å². The first-order chi connectivity index (χ1) is 7.49. The number of benzene rings is 1. The van der Waals surface area contributed by atoms with Crippen LogP contribution in [0.4, 0.5) is 0 Å². The first kappa shape index (κ1) is 11.8. The molecule has 0 fully saturated rings. The summed E-state index contributed by atoms with van der Waals surface area (Å²) in [5, 5.41) is 9.62. The molecule has 0 atom stereocenters. The van der Waals surface area contributed by atoms with Crippen molar-refractivity contribution in [2.75, 3.05) is 0 Å². The van der Waals surface area contributed by atoms with Gasteiger partial charge in [0.1, 0.15) is 5.15 Å². The van der Waals surface area contributed by atoms with Gasteiger partial charge < -0.3 is 5.11 Å². The number of carbonyl (C=O) groups is 1. The maximum atomic E-state index is 10.9. The normalized spacial score (nSPS) is 10.7. The summed E-state index contributed by atoms with van der Waals surface area (Å²) in [5.74, 6) is -1.08. The molecule has 1 N–H and O–H groups in total. The van der Waals surface area contributed by atoms with Gasteiger partial charge >= 0.3 is 5.97 Å². The van der Waals surface area contributed by atoms with Crippen LogP contribution >= 0.6 is 43.5 Å². The number of hydrogen-bond donors (Lipinski definition) is 1. The Balaban J connectivity index is 2.79. The number of rotatable bonds is 1. The largest absolute Gasteiger partial charge is 0.478 e. The fraction of sp³-hybridized carbons (Fsp3) is 0. The van der Waals surface area contributed by atoms with E-state index < -0.39 is 5.97 Å². The molecular formula is C10H4Br2ClNO2. The number of fused-ring (bicyclic) bond motifs is 1. The lowest BCUT2D eigenvalue weighted by Gasteiger charge is -2.04. The molecule has 2 rings (SSSR count). The molecule has 0 saturated heterocycles. The summed E-state index contributed by atoms with van der Waals surface area (Å²) >= 11 is 12.5.